The molecule has 1 amide bonds. The molecule has 1 atom stereocenters. The summed E-state index contributed by atoms with van der Waals surface area (Å²) in [6.45, 7) is 4.67. The number of aromatic amines is 1. The molecule has 2 aromatic carbocycles. The first kappa shape index (κ1) is 22.5. The second kappa shape index (κ2) is 10.2. The van der Waals surface area contributed by atoms with E-state index in [1.54, 1.807) is 23.6 Å². The third-order valence-corrected chi connectivity index (χ3v) is 5.11. The molecule has 0 radical (unpaired) electrons. The van der Waals surface area contributed by atoms with Gasteiger partial charge < -0.3 is 14.8 Å². The van der Waals surface area contributed by atoms with E-state index < -0.39 is 5.82 Å². The van der Waals surface area contributed by atoms with Gasteiger partial charge in [-0.3, -0.25) is 14.5 Å². The van der Waals surface area contributed by atoms with E-state index in [9.17, 15) is 9.18 Å². The van der Waals surface area contributed by atoms with Crippen molar-refractivity contribution in [3.05, 3.63) is 58.6 Å². The Morgan fingerprint density at radius 2 is 2.03 bits per heavy atom. The topological polar surface area (TPSA) is 81.2 Å². The Kier molecular flexibility index (Phi) is 7.41. The molecule has 9 heteroatoms. The smallest absolute Gasteiger partial charge is 0.222 e. The minimum atomic E-state index is -0.467. The summed E-state index contributed by atoms with van der Waals surface area (Å²) in [7, 11) is 1.41. The van der Waals surface area contributed by atoms with Crippen molar-refractivity contribution in [2.24, 2.45) is 0 Å². The molecule has 1 heterocycles. The van der Waals surface area contributed by atoms with Crippen LogP contribution in [0.5, 0.6) is 11.5 Å². The molecule has 31 heavy (non-hydrogen) atoms. The van der Waals surface area contributed by atoms with Crippen molar-refractivity contribution in [2.45, 2.75) is 32.9 Å². The number of halogens is 1. The van der Waals surface area contributed by atoms with Crippen molar-refractivity contribution in [3.8, 4) is 22.9 Å². The number of benzene rings is 2. The zero-order chi connectivity index (χ0) is 22.4. The maximum Gasteiger partial charge on any atom is 0.222 e. The van der Waals surface area contributed by atoms with E-state index in [-0.39, 0.29) is 24.1 Å². The van der Waals surface area contributed by atoms with E-state index in [2.05, 4.69) is 15.5 Å². The molecule has 0 bridgehead atoms. The van der Waals surface area contributed by atoms with Gasteiger partial charge in [-0.15, -0.1) is 0 Å². The molecule has 164 valence electrons. The first-order chi connectivity index (χ1) is 14.9. The Morgan fingerprint density at radius 3 is 2.68 bits per heavy atom. The molecular weight excluding hydrogens is 419 g/mol. The van der Waals surface area contributed by atoms with E-state index >= 15 is 0 Å². The van der Waals surface area contributed by atoms with Gasteiger partial charge >= 0.3 is 0 Å². The van der Waals surface area contributed by atoms with Gasteiger partial charge in [0, 0.05) is 18.5 Å². The van der Waals surface area contributed by atoms with Crippen LogP contribution in [0.1, 0.15) is 31.9 Å². The average Bonchev–Trinajstić information content (AvgIpc) is 3.13. The summed E-state index contributed by atoms with van der Waals surface area (Å²) in [6.07, 6.45) is 0.195. The lowest BCUT2D eigenvalue weighted by Gasteiger charge is -2.15. The molecule has 3 rings (SSSR count). The summed E-state index contributed by atoms with van der Waals surface area (Å²) in [5.74, 6) is 0.940. The molecule has 7 nitrogen and oxygen atoms in total. The molecule has 0 saturated heterocycles. The fraction of sp³-hybridized carbons (Fsp3) is 0.318. The minimum Gasteiger partial charge on any atom is -0.494 e. The summed E-state index contributed by atoms with van der Waals surface area (Å²) in [4.78, 5) is 12.5. The molecule has 2 N–H and O–H groups in total. The van der Waals surface area contributed by atoms with Crippen LogP contribution in [-0.4, -0.2) is 34.4 Å². The largest absolute Gasteiger partial charge is 0.494 e. The molecule has 0 spiro atoms. The van der Waals surface area contributed by atoms with Gasteiger partial charge in [-0.1, -0.05) is 6.07 Å². The summed E-state index contributed by atoms with van der Waals surface area (Å²) in [6, 6.07) is 11.8. The quantitative estimate of drug-likeness (QED) is 0.478. The highest BCUT2D eigenvalue weighted by molar-refractivity contribution is 7.71. The van der Waals surface area contributed by atoms with E-state index in [1.165, 1.54) is 13.2 Å². The number of H-pyrrole nitrogens is 1. The number of hydrogen-bond acceptors (Lipinski definition) is 5. The fourth-order valence-corrected chi connectivity index (χ4v) is 3.40. The lowest BCUT2D eigenvalue weighted by Crippen LogP contribution is -2.27. The summed E-state index contributed by atoms with van der Waals surface area (Å²) in [5.41, 5.74) is 1.51. The highest BCUT2D eigenvalue weighted by Crippen LogP contribution is 2.23. The van der Waals surface area contributed by atoms with Gasteiger partial charge in [0.15, 0.2) is 22.2 Å². The van der Waals surface area contributed by atoms with Crippen molar-refractivity contribution in [1.29, 1.82) is 0 Å². The number of carbonyl (C=O) groups is 1. The number of nitrogens with one attached hydrogen (secondary N) is 2. The number of aromatic nitrogens is 3. The predicted molar refractivity (Wildman–Crippen MR) is 118 cm³/mol. The third-order valence-electron chi connectivity index (χ3n) is 4.80. The van der Waals surface area contributed by atoms with Gasteiger partial charge in [0.05, 0.1) is 19.8 Å². The zero-order valence-electron chi connectivity index (χ0n) is 17.6. The third kappa shape index (κ3) is 5.49. The lowest BCUT2D eigenvalue weighted by atomic mass is 10.1. The van der Waals surface area contributed by atoms with E-state index in [0.717, 1.165) is 11.3 Å². The van der Waals surface area contributed by atoms with Gasteiger partial charge in [0.25, 0.3) is 0 Å². The monoisotopic (exact) mass is 444 g/mol. The number of nitrogens with zero attached hydrogens (tertiary/aromatic N) is 2. The second-order valence-corrected chi connectivity index (χ2v) is 7.28. The summed E-state index contributed by atoms with van der Waals surface area (Å²) >= 11 is 5.33. The number of rotatable bonds is 9. The number of ether oxygens (including phenoxy) is 2. The minimum absolute atomic E-state index is 0.165. The molecule has 1 unspecified atom stereocenters. The van der Waals surface area contributed by atoms with Crippen molar-refractivity contribution in [2.75, 3.05) is 13.7 Å². The van der Waals surface area contributed by atoms with Crippen LogP contribution in [0.15, 0.2) is 42.5 Å². The Morgan fingerprint density at radius 1 is 1.29 bits per heavy atom. The second-order valence-electron chi connectivity index (χ2n) is 6.89. The lowest BCUT2D eigenvalue weighted by molar-refractivity contribution is -0.121. The van der Waals surface area contributed by atoms with Gasteiger partial charge in [0.2, 0.25) is 5.91 Å². The number of methoxy groups -OCH3 is 1. The molecule has 0 fully saturated rings. The van der Waals surface area contributed by atoms with Crippen LogP contribution in [0.25, 0.3) is 11.4 Å². The average molecular weight is 445 g/mol. The SMILES string of the molecule is CCOc1ccc(-c2n[nH]c(=S)n2CCC(=O)NC(C)c2ccc(OC)c(F)c2)cc1. The van der Waals surface area contributed by atoms with Crippen LogP contribution in [0.3, 0.4) is 0 Å². The van der Waals surface area contributed by atoms with Crippen LogP contribution in [-0.2, 0) is 11.3 Å². The molecule has 0 aliphatic carbocycles. The van der Waals surface area contributed by atoms with Crippen molar-refractivity contribution >= 4 is 18.1 Å². The van der Waals surface area contributed by atoms with E-state index in [1.807, 2.05) is 31.2 Å². The first-order valence-corrected chi connectivity index (χ1v) is 10.3. The van der Waals surface area contributed by atoms with Crippen LogP contribution >= 0.6 is 12.2 Å². The van der Waals surface area contributed by atoms with Gasteiger partial charge in [-0.05, 0) is 68.0 Å². The fourth-order valence-electron chi connectivity index (χ4n) is 3.17. The molecule has 3 aromatic rings. The summed E-state index contributed by atoms with van der Waals surface area (Å²) in [5, 5.41) is 9.96. The molecular formula is C22H25FN4O3S. The Balaban J connectivity index is 1.64. The molecule has 0 aliphatic rings. The zero-order valence-corrected chi connectivity index (χ0v) is 18.5. The van der Waals surface area contributed by atoms with Crippen LogP contribution < -0.4 is 14.8 Å². The number of carbonyl (C=O) groups excluding carboxylic acids is 1. The number of amides is 1. The summed E-state index contributed by atoms with van der Waals surface area (Å²) < 4.78 is 26.5. The van der Waals surface area contributed by atoms with Crippen LogP contribution in [0, 0.1) is 10.6 Å². The van der Waals surface area contributed by atoms with E-state index in [4.69, 9.17) is 21.7 Å². The highest BCUT2D eigenvalue weighted by atomic mass is 32.1. The first-order valence-electron chi connectivity index (χ1n) is 9.94. The van der Waals surface area contributed by atoms with Crippen molar-refractivity contribution in [3.63, 3.8) is 0 Å². The highest BCUT2D eigenvalue weighted by Gasteiger charge is 2.14. The standard InChI is InChI=1S/C22H25FN4O3S/c1-4-30-17-8-5-15(6-9-17)21-25-26-22(31)27(21)12-11-20(28)24-14(2)16-7-10-19(29-3)18(23)13-16/h5-10,13-14H,4,11-12H2,1-3H3,(H,24,28)(H,26,31). The van der Waals surface area contributed by atoms with Gasteiger partial charge in [-0.25, -0.2) is 4.39 Å². The predicted octanol–water partition coefficient (Wildman–Crippen LogP) is 4.42. The van der Waals surface area contributed by atoms with Crippen LogP contribution in [0.4, 0.5) is 4.39 Å². The maximum absolute atomic E-state index is 13.9. The molecule has 0 aliphatic heterocycles. The van der Waals surface area contributed by atoms with Crippen molar-refractivity contribution < 1.29 is 18.7 Å². The molecule has 1 aromatic heterocycles. The van der Waals surface area contributed by atoms with Crippen molar-refractivity contribution in [1.82, 2.24) is 20.1 Å². The molecule has 0 saturated carbocycles. The van der Waals surface area contributed by atoms with Gasteiger partial charge in [-0.2, -0.15) is 5.10 Å². The van der Waals surface area contributed by atoms with Crippen LogP contribution in [0.2, 0.25) is 0 Å². The van der Waals surface area contributed by atoms with Gasteiger partial charge in [0.1, 0.15) is 5.75 Å². The Hall–Kier alpha value is -3.20. The Bertz CT molecular complexity index is 1090. The number of hydrogen-bond donors (Lipinski definition) is 2. The maximum atomic E-state index is 13.9. The van der Waals surface area contributed by atoms with E-state index in [0.29, 0.717) is 29.3 Å². The normalized spacial score (nSPS) is 11.7. The Labute approximate surface area is 185 Å².